The lowest BCUT2D eigenvalue weighted by Gasteiger charge is -2.35. The van der Waals surface area contributed by atoms with E-state index in [1.54, 1.807) is 0 Å². The van der Waals surface area contributed by atoms with Crippen LogP contribution in [-0.4, -0.2) is 11.8 Å². The maximum Gasteiger partial charge on any atom is 0.432 e. The molecule has 0 saturated carbocycles. The van der Waals surface area contributed by atoms with Gasteiger partial charge in [0.05, 0.1) is 9.50 Å². The number of hydrogen-bond donors (Lipinski definition) is 0. The Labute approximate surface area is 164 Å². The minimum atomic E-state index is -4.64. The van der Waals surface area contributed by atoms with Crippen molar-refractivity contribution < 1.29 is 31.4 Å². The topological polar surface area (TPSA) is 18.5 Å². The standard InChI is InChI=1S/C18H11BrClF5O2/c1-2-17(18(23,24)25)4-3-9-5-11(20)15(8-14(9)27-17)26-16-7-12(21)10(19)6-13(16)22/h3-8H,2H2,1H3. The Morgan fingerprint density at radius 1 is 1.11 bits per heavy atom. The van der Waals surface area contributed by atoms with E-state index in [0.29, 0.717) is 5.56 Å². The summed E-state index contributed by atoms with van der Waals surface area (Å²) in [5.74, 6) is -2.42. The first-order valence-electron chi connectivity index (χ1n) is 7.67. The fourth-order valence-electron chi connectivity index (χ4n) is 2.55. The average Bonchev–Trinajstić information content (AvgIpc) is 2.59. The van der Waals surface area contributed by atoms with Crippen LogP contribution in [0.5, 0.6) is 17.2 Å². The number of ether oxygens (including phenoxy) is 2. The van der Waals surface area contributed by atoms with Gasteiger partial charge in [-0.1, -0.05) is 24.6 Å². The third-order valence-corrected chi connectivity index (χ3v) is 4.99. The molecular formula is C18H11BrClF5O2. The number of rotatable bonds is 3. The van der Waals surface area contributed by atoms with Crippen LogP contribution in [0.1, 0.15) is 18.9 Å². The molecule has 144 valence electrons. The Kier molecular flexibility index (Phi) is 5.16. The molecule has 27 heavy (non-hydrogen) atoms. The fraction of sp³-hybridized carbons (Fsp3) is 0.222. The minimum Gasteiger partial charge on any atom is -0.473 e. The second kappa shape index (κ2) is 6.98. The lowest BCUT2D eigenvalue weighted by atomic mass is 9.94. The van der Waals surface area contributed by atoms with E-state index in [1.807, 2.05) is 0 Å². The zero-order valence-corrected chi connectivity index (χ0v) is 16.0. The van der Waals surface area contributed by atoms with Crippen molar-refractivity contribution in [2.45, 2.75) is 25.1 Å². The lowest BCUT2D eigenvalue weighted by Crippen LogP contribution is -2.49. The molecule has 3 rings (SSSR count). The molecule has 0 radical (unpaired) electrons. The highest BCUT2D eigenvalue weighted by Gasteiger charge is 2.55. The summed E-state index contributed by atoms with van der Waals surface area (Å²) in [6, 6.07) is 4.10. The summed E-state index contributed by atoms with van der Waals surface area (Å²) in [6.07, 6.45) is -2.81. The monoisotopic (exact) mass is 468 g/mol. The number of halogens is 7. The molecule has 1 heterocycles. The molecule has 0 aromatic heterocycles. The van der Waals surface area contributed by atoms with Gasteiger partial charge in [0.2, 0.25) is 5.60 Å². The van der Waals surface area contributed by atoms with E-state index in [2.05, 4.69) is 15.9 Å². The van der Waals surface area contributed by atoms with Gasteiger partial charge in [0, 0.05) is 17.7 Å². The van der Waals surface area contributed by atoms with Crippen LogP contribution in [0.3, 0.4) is 0 Å². The highest BCUT2D eigenvalue weighted by molar-refractivity contribution is 9.10. The molecule has 0 N–H and O–H groups in total. The molecule has 1 aliphatic heterocycles. The average molecular weight is 470 g/mol. The van der Waals surface area contributed by atoms with E-state index in [-0.39, 0.29) is 27.4 Å². The van der Waals surface area contributed by atoms with Crippen molar-refractivity contribution >= 4 is 33.6 Å². The highest BCUT2D eigenvalue weighted by atomic mass is 79.9. The van der Waals surface area contributed by atoms with Crippen LogP contribution in [-0.2, 0) is 0 Å². The summed E-state index contributed by atoms with van der Waals surface area (Å²) in [5, 5.41) is 0.000680. The maximum atomic E-state index is 14.0. The van der Waals surface area contributed by atoms with Gasteiger partial charge in [-0.25, -0.2) is 8.78 Å². The summed E-state index contributed by atoms with van der Waals surface area (Å²) in [6.45, 7) is 1.34. The fourth-order valence-corrected chi connectivity index (χ4v) is 3.07. The van der Waals surface area contributed by atoms with Crippen LogP contribution in [0.4, 0.5) is 22.0 Å². The first kappa shape index (κ1) is 19.9. The van der Waals surface area contributed by atoms with Crippen molar-refractivity contribution in [3.8, 4) is 17.2 Å². The molecule has 2 aromatic rings. The zero-order valence-electron chi connectivity index (χ0n) is 13.6. The second-order valence-corrected chi connectivity index (χ2v) is 7.06. The van der Waals surface area contributed by atoms with E-state index < -0.39 is 29.2 Å². The number of hydrogen-bond acceptors (Lipinski definition) is 2. The van der Waals surface area contributed by atoms with E-state index in [0.717, 1.165) is 24.3 Å². The molecule has 0 fully saturated rings. The van der Waals surface area contributed by atoms with Crippen LogP contribution < -0.4 is 9.47 Å². The maximum absolute atomic E-state index is 14.0. The van der Waals surface area contributed by atoms with Crippen molar-refractivity contribution in [1.82, 2.24) is 0 Å². The highest BCUT2D eigenvalue weighted by Crippen LogP contribution is 2.46. The van der Waals surface area contributed by atoms with Gasteiger partial charge in [-0.2, -0.15) is 13.2 Å². The third kappa shape index (κ3) is 3.65. The zero-order chi connectivity index (χ0) is 20.0. The summed E-state index contributed by atoms with van der Waals surface area (Å²) < 4.78 is 78.3. The molecule has 0 amide bonds. The molecule has 0 bridgehead atoms. The van der Waals surface area contributed by atoms with E-state index in [4.69, 9.17) is 21.1 Å². The Bertz CT molecular complexity index is 929. The van der Waals surface area contributed by atoms with Crippen molar-refractivity contribution in [3.05, 3.63) is 57.0 Å². The van der Waals surface area contributed by atoms with Gasteiger partial charge < -0.3 is 9.47 Å². The smallest absolute Gasteiger partial charge is 0.432 e. The molecule has 0 saturated heterocycles. The molecule has 9 heteroatoms. The Morgan fingerprint density at radius 3 is 2.44 bits per heavy atom. The van der Waals surface area contributed by atoms with E-state index in [9.17, 15) is 22.0 Å². The van der Waals surface area contributed by atoms with Crippen LogP contribution >= 0.6 is 27.5 Å². The van der Waals surface area contributed by atoms with Gasteiger partial charge in [0.1, 0.15) is 17.3 Å². The minimum absolute atomic E-state index is 0.000680. The van der Waals surface area contributed by atoms with Crippen LogP contribution in [0.15, 0.2) is 34.8 Å². The van der Waals surface area contributed by atoms with Crippen LogP contribution in [0.2, 0.25) is 5.02 Å². The lowest BCUT2D eigenvalue weighted by molar-refractivity contribution is -0.230. The van der Waals surface area contributed by atoms with Crippen LogP contribution in [0, 0.1) is 11.6 Å². The number of alkyl halides is 3. The summed E-state index contributed by atoms with van der Waals surface area (Å²) in [4.78, 5) is 0. The van der Waals surface area contributed by atoms with Gasteiger partial charge in [0.25, 0.3) is 0 Å². The first-order valence-corrected chi connectivity index (χ1v) is 8.84. The molecule has 1 atom stereocenters. The van der Waals surface area contributed by atoms with Gasteiger partial charge in [-0.15, -0.1) is 0 Å². The Morgan fingerprint density at radius 2 is 1.81 bits per heavy atom. The summed E-state index contributed by atoms with van der Waals surface area (Å²) >= 11 is 8.90. The quantitative estimate of drug-likeness (QED) is 0.347. The van der Waals surface area contributed by atoms with Crippen molar-refractivity contribution in [3.63, 3.8) is 0 Å². The molecule has 1 unspecified atom stereocenters. The predicted octanol–water partition coefficient (Wildman–Crippen LogP) is 7.29. The normalized spacial score (nSPS) is 18.8. The largest absolute Gasteiger partial charge is 0.473 e. The second-order valence-electron chi connectivity index (χ2n) is 5.80. The van der Waals surface area contributed by atoms with Crippen molar-refractivity contribution in [2.24, 2.45) is 0 Å². The molecule has 1 aliphatic rings. The Hall–Kier alpha value is -1.80. The SMILES string of the molecule is CCC1(C(F)(F)F)C=Cc2cc(Cl)c(Oc3cc(F)c(Br)cc3F)cc2O1. The van der Waals surface area contributed by atoms with Crippen molar-refractivity contribution in [1.29, 1.82) is 0 Å². The van der Waals surface area contributed by atoms with Crippen LogP contribution in [0.25, 0.3) is 6.08 Å². The molecule has 2 aromatic carbocycles. The summed E-state index contributed by atoms with van der Waals surface area (Å²) in [5.41, 5.74) is -2.18. The van der Waals surface area contributed by atoms with Gasteiger partial charge in [-0.3, -0.25) is 0 Å². The molecule has 0 spiro atoms. The van der Waals surface area contributed by atoms with E-state index in [1.165, 1.54) is 19.1 Å². The molecule has 0 aliphatic carbocycles. The number of fused-ring (bicyclic) bond motifs is 1. The Balaban J connectivity index is 2.00. The third-order valence-electron chi connectivity index (χ3n) is 4.09. The van der Waals surface area contributed by atoms with Crippen molar-refractivity contribution in [2.75, 3.05) is 0 Å². The number of benzene rings is 2. The molecule has 2 nitrogen and oxygen atoms in total. The summed E-state index contributed by atoms with van der Waals surface area (Å²) in [7, 11) is 0. The first-order chi connectivity index (χ1) is 12.6. The predicted molar refractivity (Wildman–Crippen MR) is 94.3 cm³/mol. The molecular weight excluding hydrogens is 459 g/mol. The van der Waals surface area contributed by atoms with E-state index >= 15 is 0 Å². The van der Waals surface area contributed by atoms with Gasteiger partial charge in [0.15, 0.2) is 11.6 Å². The van der Waals surface area contributed by atoms with Gasteiger partial charge >= 0.3 is 6.18 Å². The van der Waals surface area contributed by atoms with Gasteiger partial charge in [-0.05, 0) is 40.6 Å².